The van der Waals surface area contributed by atoms with E-state index in [1.54, 1.807) is 24.5 Å². The number of aromatic nitrogens is 1. The molecule has 2 aliphatic rings. The van der Waals surface area contributed by atoms with Crippen molar-refractivity contribution in [3.8, 4) is 0 Å². The van der Waals surface area contributed by atoms with E-state index in [2.05, 4.69) is 10.3 Å². The average Bonchev–Trinajstić information content (AvgIpc) is 2.74. The van der Waals surface area contributed by atoms with Gasteiger partial charge in [-0.25, -0.2) is 0 Å². The van der Waals surface area contributed by atoms with Gasteiger partial charge in [-0.05, 0) is 37.8 Å². The maximum absolute atomic E-state index is 12.6. The number of nitrogens with zero attached hydrogens (tertiary/aromatic N) is 3. The average molecular weight is 372 g/mol. The van der Waals surface area contributed by atoms with Gasteiger partial charge in [-0.3, -0.25) is 19.4 Å². The summed E-state index contributed by atoms with van der Waals surface area (Å²) >= 11 is 0. The molecule has 0 bridgehead atoms. The highest BCUT2D eigenvalue weighted by Crippen LogP contribution is 2.19. The Hall–Kier alpha value is -2.44. The predicted octanol–water partition coefficient (Wildman–Crippen LogP) is 1.45. The van der Waals surface area contributed by atoms with Gasteiger partial charge in [0.15, 0.2) is 0 Å². The third-order valence-corrected chi connectivity index (χ3v) is 5.50. The second kappa shape index (κ2) is 8.97. The van der Waals surface area contributed by atoms with E-state index in [1.807, 2.05) is 16.7 Å². The molecule has 2 fully saturated rings. The number of carbonyl (C=O) groups excluding carboxylic acids is 3. The van der Waals surface area contributed by atoms with Crippen LogP contribution in [0.15, 0.2) is 24.5 Å². The van der Waals surface area contributed by atoms with Crippen LogP contribution in [0.2, 0.25) is 0 Å². The highest BCUT2D eigenvalue weighted by atomic mass is 16.2. The third kappa shape index (κ3) is 4.84. The van der Waals surface area contributed by atoms with Crippen molar-refractivity contribution < 1.29 is 14.4 Å². The van der Waals surface area contributed by atoms with Crippen molar-refractivity contribution in [2.45, 2.75) is 45.1 Å². The molecule has 7 nitrogen and oxygen atoms in total. The Bertz CT molecular complexity index is 671. The minimum Gasteiger partial charge on any atom is -0.353 e. The number of hydrogen-bond donors (Lipinski definition) is 1. The van der Waals surface area contributed by atoms with Crippen molar-refractivity contribution in [3.05, 3.63) is 30.1 Å². The fraction of sp³-hybridized carbons (Fsp3) is 0.600. The van der Waals surface area contributed by atoms with Gasteiger partial charge in [-0.1, -0.05) is 6.92 Å². The lowest BCUT2D eigenvalue weighted by Crippen LogP contribution is -2.50. The Morgan fingerprint density at radius 1 is 1.07 bits per heavy atom. The van der Waals surface area contributed by atoms with E-state index >= 15 is 0 Å². The van der Waals surface area contributed by atoms with E-state index in [0.717, 1.165) is 32.2 Å². The minimum atomic E-state index is -0.120. The Morgan fingerprint density at radius 2 is 1.78 bits per heavy atom. The number of rotatable bonds is 4. The van der Waals surface area contributed by atoms with Crippen molar-refractivity contribution in [2.75, 3.05) is 26.2 Å². The summed E-state index contributed by atoms with van der Waals surface area (Å²) in [4.78, 5) is 44.6. The summed E-state index contributed by atoms with van der Waals surface area (Å²) in [5.41, 5.74) is 0.648. The lowest BCUT2D eigenvalue weighted by atomic mass is 9.95. The molecule has 0 radical (unpaired) electrons. The monoisotopic (exact) mass is 372 g/mol. The summed E-state index contributed by atoms with van der Waals surface area (Å²) < 4.78 is 0. The van der Waals surface area contributed by atoms with Crippen molar-refractivity contribution in [1.82, 2.24) is 20.1 Å². The van der Waals surface area contributed by atoms with Gasteiger partial charge in [-0.15, -0.1) is 0 Å². The first-order valence-electron chi connectivity index (χ1n) is 9.86. The Labute approximate surface area is 160 Å². The molecular weight excluding hydrogens is 344 g/mol. The van der Waals surface area contributed by atoms with Gasteiger partial charge >= 0.3 is 0 Å². The smallest absolute Gasteiger partial charge is 0.253 e. The van der Waals surface area contributed by atoms with E-state index in [4.69, 9.17) is 0 Å². The Balaban J connectivity index is 1.47. The van der Waals surface area contributed by atoms with Crippen LogP contribution >= 0.6 is 0 Å². The van der Waals surface area contributed by atoms with Crippen LogP contribution in [-0.2, 0) is 9.59 Å². The zero-order chi connectivity index (χ0) is 19.2. The van der Waals surface area contributed by atoms with Crippen molar-refractivity contribution >= 4 is 17.7 Å². The molecule has 1 aromatic rings. The number of pyridine rings is 1. The molecule has 27 heavy (non-hydrogen) atoms. The van der Waals surface area contributed by atoms with E-state index in [0.29, 0.717) is 31.6 Å². The van der Waals surface area contributed by atoms with Crippen molar-refractivity contribution in [2.24, 2.45) is 5.92 Å². The molecule has 1 aromatic heterocycles. The van der Waals surface area contributed by atoms with Crippen molar-refractivity contribution in [3.63, 3.8) is 0 Å². The number of carbonyl (C=O) groups is 3. The maximum Gasteiger partial charge on any atom is 0.253 e. The van der Waals surface area contributed by atoms with Crippen LogP contribution in [0.5, 0.6) is 0 Å². The standard InChI is InChI=1S/C20H28N4O3/c1-2-18(25)24-11-3-4-16(14-24)19(26)22-17-7-12-23(13-8-17)20(27)15-5-9-21-10-6-15/h5-6,9-10,16-17H,2-4,7-8,11-14H2,1H3,(H,22,26). The first-order chi connectivity index (χ1) is 13.1. The van der Waals surface area contributed by atoms with Crippen molar-refractivity contribution in [1.29, 1.82) is 0 Å². The van der Waals surface area contributed by atoms with Crippen LogP contribution in [0.4, 0.5) is 0 Å². The zero-order valence-corrected chi connectivity index (χ0v) is 15.9. The predicted molar refractivity (Wildman–Crippen MR) is 101 cm³/mol. The quantitative estimate of drug-likeness (QED) is 0.867. The van der Waals surface area contributed by atoms with Crippen LogP contribution in [0.3, 0.4) is 0 Å². The van der Waals surface area contributed by atoms with Gasteiger partial charge in [0.1, 0.15) is 0 Å². The lowest BCUT2D eigenvalue weighted by Gasteiger charge is -2.35. The molecule has 3 rings (SSSR count). The lowest BCUT2D eigenvalue weighted by molar-refractivity contribution is -0.135. The molecule has 1 unspecified atom stereocenters. The molecule has 2 aliphatic heterocycles. The van der Waals surface area contributed by atoms with Gasteiger partial charge in [0.05, 0.1) is 5.92 Å². The van der Waals surface area contributed by atoms with E-state index < -0.39 is 0 Å². The summed E-state index contributed by atoms with van der Waals surface area (Å²) in [6.45, 7) is 4.41. The number of amides is 3. The molecule has 3 amide bonds. The second-order valence-electron chi connectivity index (χ2n) is 7.34. The van der Waals surface area contributed by atoms with Gasteiger partial charge in [0, 0.05) is 56.6 Å². The second-order valence-corrected chi connectivity index (χ2v) is 7.34. The van der Waals surface area contributed by atoms with Crippen LogP contribution < -0.4 is 5.32 Å². The first kappa shape index (κ1) is 19.3. The fourth-order valence-corrected chi connectivity index (χ4v) is 3.86. The van der Waals surface area contributed by atoms with Gasteiger partial charge in [0.2, 0.25) is 11.8 Å². The highest BCUT2D eigenvalue weighted by molar-refractivity contribution is 5.94. The van der Waals surface area contributed by atoms with E-state index in [9.17, 15) is 14.4 Å². The summed E-state index contributed by atoms with van der Waals surface area (Å²) in [5, 5.41) is 3.14. The topological polar surface area (TPSA) is 82.6 Å². The minimum absolute atomic E-state index is 0.0168. The largest absolute Gasteiger partial charge is 0.353 e. The van der Waals surface area contributed by atoms with Gasteiger partial charge in [-0.2, -0.15) is 0 Å². The molecule has 0 aliphatic carbocycles. The van der Waals surface area contributed by atoms with Crippen LogP contribution in [-0.4, -0.2) is 64.7 Å². The van der Waals surface area contributed by atoms with E-state index in [-0.39, 0.29) is 29.7 Å². The van der Waals surface area contributed by atoms with Crippen LogP contribution in [0.1, 0.15) is 49.4 Å². The normalized spacial score (nSPS) is 21.0. The highest BCUT2D eigenvalue weighted by Gasteiger charge is 2.30. The molecule has 146 valence electrons. The molecular formula is C20H28N4O3. The van der Waals surface area contributed by atoms with E-state index in [1.165, 1.54) is 0 Å². The fourth-order valence-electron chi connectivity index (χ4n) is 3.86. The molecule has 7 heteroatoms. The van der Waals surface area contributed by atoms with Gasteiger partial charge in [0.25, 0.3) is 5.91 Å². The summed E-state index contributed by atoms with van der Waals surface area (Å²) in [6.07, 6.45) is 6.95. The molecule has 1 atom stereocenters. The molecule has 3 heterocycles. The SMILES string of the molecule is CCC(=O)N1CCCC(C(=O)NC2CCN(C(=O)c3ccncc3)CC2)C1. The van der Waals surface area contributed by atoms with Gasteiger partial charge < -0.3 is 15.1 Å². The molecule has 2 saturated heterocycles. The zero-order valence-electron chi connectivity index (χ0n) is 15.9. The Kier molecular flexibility index (Phi) is 6.42. The maximum atomic E-state index is 12.6. The first-order valence-corrected chi connectivity index (χ1v) is 9.86. The third-order valence-electron chi connectivity index (χ3n) is 5.50. The number of likely N-dealkylation sites (tertiary alicyclic amines) is 2. The summed E-state index contributed by atoms with van der Waals surface area (Å²) in [5.74, 6) is 0.0619. The van der Waals surface area contributed by atoms with Crippen LogP contribution in [0.25, 0.3) is 0 Å². The molecule has 0 aromatic carbocycles. The molecule has 1 N–H and O–H groups in total. The Morgan fingerprint density at radius 3 is 2.44 bits per heavy atom. The number of nitrogens with one attached hydrogen (secondary N) is 1. The van der Waals surface area contributed by atoms with Crippen LogP contribution in [0, 0.1) is 5.92 Å². The number of hydrogen-bond acceptors (Lipinski definition) is 4. The summed E-state index contributed by atoms with van der Waals surface area (Å²) in [7, 11) is 0. The molecule has 0 spiro atoms. The number of piperidine rings is 2. The molecule has 0 saturated carbocycles. The summed E-state index contributed by atoms with van der Waals surface area (Å²) in [6, 6.07) is 3.54.